The van der Waals surface area contributed by atoms with E-state index < -0.39 is 5.76 Å². The number of benzene rings is 3. The van der Waals surface area contributed by atoms with Crippen molar-refractivity contribution in [1.29, 1.82) is 0 Å². The highest BCUT2D eigenvalue weighted by Crippen LogP contribution is 2.40. The standard InChI is InChI=1S/C28H24N4O3/c1-3-25-29-22-9-5-6-10-23(22)32(25)15-18-12-13-20-19(14-18)16-34-24-11-7-4-8-21(24)26(20)17(2)27-30-28(33)35-31-27/h4-14H,3,15-16H2,1-2H3,(H,30,31,33)/b26-17-. The van der Waals surface area contributed by atoms with Crippen molar-refractivity contribution in [3.63, 3.8) is 0 Å². The topological polar surface area (TPSA) is 85.9 Å². The van der Waals surface area contributed by atoms with Crippen molar-refractivity contribution in [3.8, 4) is 5.75 Å². The maximum Gasteiger partial charge on any atom is 0.439 e. The number of allylic oxidation sites excluding steroid dienone is 1. The van der Waals surface area contributed by atoms with Crippen LogP contribution in [0.1, 0.15) is 47.8 Å². The van der Waals surface area contributed by atoms with Crippen LogP contribution >= 0.6 is 0 Å². The molecule has 3 heterocycles. The van der Waals surface area contributed by atoms with Crippen LogP contribution in [0.3, 0.4) is 0 Å². The second-order valence-electron chi connectivity index (χ2n) is 8.68. The zero-order valence-electron chi connectivity index (χ0n) is 19.5. The van der Waals surface area contributed by atoms with Crippen LogP contribution in [0.15, 0.2) is 76.0 Å². The third-order valence-corrected chi connectivity index (χ3v) is 6.54. The fraction of sp³-hybridized carbons (Fsp3) is 0.179. The summed E-state index contributed by atoms with van der Waals surface area (Å²) in [6, 6.07) is 22.7. The van der Waals surface area contributed by atoms with E-state index >= 15 is 0 Å². The lowest BCUT2D eigenvalue weighted by Gasteiger charge is -2.15. The Morgan fingerprint density at radius 2 is 1.89 bits per heavy atom. The van der Waals surface area contributed by atoms with Gasteiger partial charge in [0.05, 0.1) is 11.0 Å². The Bertz CT molecular complexity index is 1650. The maximum absolute atomic E-state index is 11.6. The molecule has 0 amide bonds. The van der Waals surface area contributed by atoms with Gasteiger partial charge in [0.2, 0.25) is 0 Å². The van der Waals surface area contributed by atoms with E-state index in [2.05, 4.69) is 58.0 Å². The summed E-state index contributed by atoms with van der Waals surface area (Å²) in [6.07, 6.45) is 0.861. The van der Waals surface area contributed by atoms with E-state index in [1.54, 1.807) is 0 Å². The van der Waals surface area contributed by atoms with E-state index in [0.717, 1.165) is 63.4 Å². The lowest BCUT2D eigenvalue weighted by molar-refractivity contribution is 0.307. The molecule has 35 heavy (non-hydrogen) atoms. The van der Waals surface area contributed by atoms with Gasteiger partial charge >= 0.3 is 5.76 Å². The Morgan fingerprint density at radius 1 is 1.06 bits per heavy atom. The minimum atomic E-state index is -0.576. The summed E-state index contributed by atoms with van der Waals surface area (Å²) in [5, 5.41) is 3.93. The Kier molecular flexibility index (Phi) is 5.10. The SMILES string of the molecule is CCc1nc2ccccc2n1Cc1ccc2c(c1)COc1ccccc1/C2=C(/C)c1noc(=O)[nH]1. The van der Waals surface area contributed by atoms with Gasteiger partial charge in [0.15, 0.2) is 5.82 Å². The third kappa shape index (κ3) is 3.65. The number of para-hydroxylation sites is 3. The van der Waals surface area contributed by atoms with E-state index in [1.807, 2.05) is 37.3 Å². The Labute approximate surface area is 201 Å². The molecule has 0 bridgehead atoms. The van der Waals surface area contributed by atoms with Crippen LogP contribution in [-0.4, -0.2) is 19.7 Å². The molecule has 0 radical (unpaired) electrons. The number of nitrogens with one attached hydrogen (secondary N) is 1. The van der Waals surface area contributed by atoms with Crippen molar-refractivity contribution in [1.82, 2.24) is 19.7 Å². The summed E-state index contributed by atoms with van der Waals surface area (Å²) in [6.45, 7) is 5.23. The minimum absolute atomic E-state index is 0.411. The fourth-order valence-electron chi connectivity index (χ4n) is 4.88. The van der Waals surface area contributed by atoms with Crippen molar-refractivity contribution >= 4 is 22.2 Å². The van der Waals surface area contributed by atoms with Gasteiger partial charge in [-0.3, -0.25) is 9.51 Å². The third-order valence-electron chi connectivity index (χ3n) is 6.54. The molecule has 5 aromatic rings. The van der Waals surface area contributed by atoms with Gasteiger partial charge in [-0.05, 0) is 53.5 Å². The molecule has 0 saturated carbocycles. The van der Waals surface area contributed by atoms with Gasteiger partial charge in [-0.1, -0.05) is 54.5 Å². The van der Waals surface area contributed by atoms with Gasteiger partial charge in [0, 0.05) is 24.1 Å². The normalized spacial score (nSPS) is 14.2. The number of aromatic amines is 1. The number of imidazole rings is 1. The zero-order valence-corrected chi connectivity index (χ0v) is 19.5. The zero-order chi connectivity index (χ0) is 23.9. The Balaban J connectivity index is 1.49. The van der Waals surface area contributed by atoms with Gasteiger partial charge in [0.1, 0.15) is 18.2 Å². The minimum Gasteiger partial charge on any atom is -0.488 e. The average Bonchev–Trinajstić information content (AvgIpc) is 3.43. The number of hydrogen-bond donors (Lipinski definition) is 1. The van der Waals surface area contributed by atoms with E-state index in [4.69, 9.17) is 14.2 Å². The van der Waals surface area contributed by atoms with E-state index in [0.29, 0.717) is 12.4 Å². The number of aromatic nitrogens is 4. The second kappa shape index (κ2) is 8.43. The Hall–Kier alpha value is -4.39. The lowest BCUT2D eigenvalue weighted by atomic mass is 9.89. The first-order valence-corrected chi connectivity index (χ1v) is 11.7. The highest BCUT2D eigenvalue weighted by atomic mass is 16.5. The molecular formula is C28H24N4O3. The van der Waals surface area contributed by atoms with Crippen molar-refractivity contribution in [2.75, 3.05) is 0 Å². The predicted octanol–water partition coefficient (Wildman–Crippen LogP) is 5.19. The van der Waals surface area contributed by atoms with Crippen LogP contribution in [0.25, 0.3) is 22.2 Å². The summed E-state index contributed by atoms with van der Waals surface area (Å²) < 4.78 is 13.3. The summed E-state index contributed by atoms with van der Waals surface area (Å²) in [4.78, 5) is 19.1. The second-order valence-corrected chi connectivity index (χ2v) is 8.68. The molecule has 0 atom stereocenters. The molecule has 7 nitrogen and oxygen atoms in total. The van der Waals surface area contributed by atoms with Crippen LogP contribution in [0.5, 0.6) is 5.75 Å². The number of nitrogens with zero attached hydrogens (tertiary/aromatic N) is 3. The molecule has 1 aliphatic rings. The number of H-pyrrole nitrogens is 1. The molecular weight excluding hydrogens is 440 g/mol. The first kappa shape index (κ1) is 21.2. The van der Waals surface area contributed by atoms with E-state index in [-0.39, 0.29) is 0 Å². The number of ether oxygens (including phenoxy) is 1. The van der Waals surface area contributed by atoms with Crippen LogP contribution in [-0.2, 0) is 19.6 Å². The van der Waals surface area contributed by atoms with Crippen molar-refractivity contribution in [3.05, 3.63) is 111 Å². The summed E-state index contributed by atoms with van der Waals surface area (Å²) in [5.74, 6) is 1.69. The highest BCUT2D eigenvalue weighted by molar-refractivity contribution is 5.99. The average molecular weight is 465 g/mol. The van der Waals surface area contributed by atoms with Gasteiger partial charge in [-0.15, -0.1) is 0 Å². The Morgan fingerprint density at radius 3 is 2.71 bits per heavy atom. The molecule has 6 rings (SSSR count). The number of rotatable bonds is 4. The largest absolute Gasteiger partial charge is 0.488 e. The van der Waals surface area contributed by atoms with Crippen LogP contribution in [0.2, 0.25) is 0 Å². The molecule has 2 aromatic heterocycles. The van der Waals surface area contributed by atoms with Crippen LogP contribution in [0, 0.1) is 0 Å². The lowest BCUT2D eigenvalue weighted by Crippen LogP contribution is -2.06. The van der Waals surface area contributed by atoms with E-state index in [1.165, 1.54) is 5.56 Å². The quantitative estimate of drug-likeness (QED) is 0.395. The number of fused-ring (bicyclic) bond motifs is 3. The molecule has 174 valence electrons. The van der Waals surface area contributed by atoms with Gasteiger partial charge in [-0.2, -0.15) is 0 Å². The highest BCUT2D eigenvalue weighted by Gasteiger charge is 2.23. The summed E-state index contributed by atoms with van der Waals surface area (Å²) >= 11 is 0. The predicted molar refractivity (Wildman–Crippen MR) is 134 cm³/mol. The van der Waals surface area contributed by atoms with Crippen molar-refractivity contribution in [2.45, 2.75) is 33.4 Å². The van der Waals surface area contributed by atoms with Crippen LogP contribution in [0.4, 0.5) is 0 Å². The molecule has 0 aliphatic carbocycles. The molecule has 7 heteroatoms. The summed E-state index contributed by atoms with van der Waals surface area (Å²) in [5.41, 5.74) is 8.17. The van der Waals surface area contributed by atoms with Crippen molar-refractivity contribution in [2.24, 2.45) is 0 Å². The molecule has 1 N–H and O–H groups in total. The molecule has 3 aromatic carbocycles. The maximum atomic E-state index is 11.6. The monoisotopic (exact) mass is 464 g/mol. The molecule has 0 saturated heterocycles. The molecule has 0 unspecified atom stereocenters. The summed E-state index contributed by atoms with van der Waals surface area (Å²) in [7, 11) is 0. The fourth-order valence-corrected chi connectivity index (χ4v) is 4.88. The first-order chi connectivity index (χ1) is 17.1. The van der Waals surface area contributed by atoms with Gasteiger partial charge < -0.3 is 9.30 Å². The molecule has 0 fully saturated rings. The van der Waals surface area contributed by atoms with Crippen molar-refractivity contribution < 1.29 is 9.26 Å². The molecule has 0 spiro atoms. The smallest absolute Gasteiger partial charge is 0.439 e. The number of aryl methyl sites for hydroxylation is 1. The molecule has 1 aliphatic heterocycles. The van der Waals surface area contributed by atoms with E-state index in [9.17, 15) is 4.79 Å². The van der Waals surface area contributed by atoms with Crippen LogP contribution < -0.4 is 10.5 Å². The number of hydrogen-bond acceptors (Lipinski definition) is 5. The van der Waals surface area contributed by atoms with Gasteiger partial charge in [-0.25, -0.2) is 9.78 Å². The van der Waals surface area contributed by atoms with Gasteiger partial charge in [0.25, 0.3) is 0 Å². The first-order valence-electron chi connectivity index (χ1n) is 11.7.